The van der Waals surface area contributed by atoms with Crippen LogP contribution in [-0.2, 0) is 10.0 Å². The van der Waals surface area contributed by atoms with Crippen LogP contribution in [0.5, 0.6) is 0 Å². The van der Waals surface area contributed by atoms with Crippen LogP contribution in [0.2, 0.25) is 0 Å². The minimum Gasteiger partial charge on any atom is -0.355 e. The van der Waals surface area contributed by atoms with Gasteiger partial charge in [-0.1, -0.05) is 6.92 Å². The van der Waals surface area contributed by atoms with E-state index >= 15 is 0 Å². The second-order valence-corrected chi connectivity index (χ2v) is 7.20. The molecule has 1 heterocycles. The second-order valence-electron chi connectivity index (χ2n) is 5.10. The standard InChI is InChI=1S/C13H29N5O2S.HI/c1-4-18-10-6-7-12(18)11-16-13(14-3)15-8-9-17-21(19,20)5-2;/h12,17H,4-11H2,1-3H3,(H2,14,15,16);1H. The van der Waals surface area contributed by atoms with Gasteiger partial charge in [-0.05, 0) is 32.9 Å². The van der Waals surface area contributed by atoms with Crippen molar-refractivity contribution in [1.29, 1.82) is 0 Å². The van der Waals surface area contributed by atoms with Gasteiger partial charge in [-0.15, -0.1) is 24.0 Å². The van der Waals surface area contributed by atoms with E-state index in [1.54, 1.807) is 14.0 Å². The van der Waals surface area contributed by atoms with Gasteiger partial charge in [0.1, 0.15) is 0 Å². The maximum Gasteiger partial charge on any atom is 0.211 e. The highest BCUT2D eigenvalue weighted by Gasteiger charge is 2.22. The monoisotopic (exact) mass is 447 g/mol. The summed E-state index contributed by atoms with van der Waals surface area (Å²) in [5, 5.41) is 6.42. The summed E-state index contributed by atoms with van der Waals surface area (Å²) >= 11 is 0. The van der Waals surface area contributed by atoms with Gasteiger partial charge in [0.2, 0.25) is 10.0 Å². The minimum atomic E-state index is -3.12. The SMILES string of the molecule is CCN1CCCC1CNC(=NC)NCCNS(=O)(=O)CC.I. The first kappa shape index (κ1) is 21.9. The summed E-state index contributed by atoms with van der Waals surface area (Å²) in [4.78, 5) is 6.62. The Balaban J connectivity index is 0.00000441. The average molecular weight is 447 g/mol. The molecular formula is C13H30IN5O2S. The van der Waals surface area contributed by atoms with Crippen molar-refractivity contribution in [2.75, 3.05) is 45.5 Å². The van der Waals surface area contributed by atoms with Crippen molar-refractivity contribution in [2.45, 2.75) is 32.7 Å². The molecule has 3 N–H and O–H groups in total. The number of nitrogens with one attached hydrogen (secondary N) is 3. The van der Waals surface area contributed by atoms with E-state index in [0.717, 1.165) is 13.1 Å². The lowest BCUT2D eigenvalue weighted by Crippen LogP contribution is -2.46. The molecule has 0 radical (unpaired) electrons. The fraction of sp³-hybridized carbons (Fsp3) is 0.923. The lowest BCUT2D eigenvalue weighted by atomic mass is 10.2. The van der Waals surface area contributed by atoms with E-state index in [0.29, 0.717) is 25.1 Å². The molecule has 1 unspecified atom stereocenters. The van der Waals surface area contributed by atoms with Crippen LogP contribution >= 0.6 is 24.0 Å². The number of guanidine groups is 1. The second kappa shape index (κ2) is 11.4. The first-order chi connectivity index (χ1) is 10.0. The molecule has 9 heteroatoms. The van der Waals surface area contributed by atoms with Gasteiger partial charge >= 0.3 is 0 Å². The first-order valence-electron chi connectivity index (χ1n) is 7.68. The number of hydrogen-bond donors (Lipinski definition) is 3. The third-order valence-electron chi connectivity index (χ3n) is 3.75. The molecule has 0 aliphatic carbocycles. The molecule has 1 atom stereocenters. The smallest absolute Gasteiger partial charge is 0.211 e. The fourth-order valence-corrected chi connectivity index (χ4v) is 3.08. The van der Waals surface area contributed by atoms with E-state index in [9.17, 15) is 8.42 Å². The first-order valence-corrected chi connectivity index (χ1v) is 9.33. The van der Waals surface area contributed by atoms with Gasteiger partial charge in [0.15, 0.2) is 5.96 Å². The summed E-state index contributed by atoms with van der Waals surface area (Å²) in [6.45, 7) is 7.81. The summed E-state index contributed by atoms with van der Waals surface area (Å²) in [6.07, 6.45) is 2.47. The molecule has 0 aromatic heterocycles. The zero-order valence-corrected chi connectivity index (χ0v) is 16.9. The molecule has 0 saturated carbocycles. The Morgan fingerprint density at radius 2 is 2.00 bits per heavy atom. The number of hydrogen-bond acceptors (Lipinski definition) is 4. The van der Waals surface area contributed by atoms with Crippen molar-refractivity contribution in [1.82, 2.24) is 20.3 Å². The normalized spacial score (nSPS) is 19.8. The Kier molecular flexibility index (Phi) is 11.3. The minimum absolute atomic E-state index is 0. The van der Waals surface area contributed by atoms with Crippen molar-refractivity contribution in [3.05, 3.63) is 0 Å². The Bertz CT molecular complexity index is 430. The Hall–Kier alpha value is -0.130. The Labute approximate surface area is 151 Å². The predicted molar refractivity (Wildman–Crippen MR) is 103 cm³/mol. The highest BCUT2D eigenvalue weighted by molar-refractivity contribution is 14.0. The quantitative estimate of drug-likeness (QED) is 0.214. The fourth-order valence-electron chi connectivity index (χ4n) is 2.47. The van der Waals surface area contributed by atoms with Gasteiger partial charge in [-0.25, -0.2) is 13.1 Å². The molecule has 22 heavy (non-hydrogen) atoms. The van der Waals surface area contributed by atoms with Crippen LogP contribution in [0.4, 0.5) is 0 Å². The van der Waals surface area contributed by atoms with Crippen molar-refractivity contribution >= 4 is 40.0 Å². The van der Waals surface area contributed by atoms with E-state index in [4.69, 9.17) is 0 Å². The van der Waals surface area contributed by atoms with E-state index in [1.165, 1.54) is 19.4 Å². The molecule has 0 amide bonds. The largest absolute Gasteiger partial charge is 0.355 e. The number of halogens is 1. The van der Waals surface area contributed by atoms with E-state index in [1.807, 2.05) is 0 Å². The summed E-state index contributed by atoms with van der Waals surface area (Å²) in [7, 11) is -1.40. The van der Waals surface area contributed by atoms with Crippen molar-refractivity contribution < 1.29 is 8.42 Å². The maximum atomic E-state index is 11.3. The topological polar surface area (TPSA) is 85.8 Å². The zero-order valence-electron chi connectivity index (χ0n) is 13.8. The van der Waals surface area contributed by atoms with Gasteiger partial charge < -0.3 is 10.6 Å². The molecule has 7 nitrogen and oxygen atoms in total. The average Bonchev–Trinajstić information content (AvgIpc) is 2.94. The van der Waals surface area contributed by atoms with E-state index in [-0.39, 0.29) is 29.7 Å². The summed E-state index contributed by atoms with van der Waals surface area (Å²) in [5.74, 6) is 0.822. The molecule has 1 fully saturated rings. The third-order valence-corrected chi connectivity index (χ3v) is 5.16. The van der Waals surface area contributed by atoms with Crippen LogP contribution in [0, 0.1) is 0 Å². The van der Waals surface area contributed by atoms with E-state index in [2.05, 4.69) is 32.2 Å². The summed E-state index contributed by atoms with van der Waals surface area (Å²) in [5.41, 5.74) is 0. The predicted octanol–water partition coefficient (Wildman–Crippen LogP) is 0.193. The lowest BCUT2D eigenvalue weighted by Gasteiger charge is -2.24. The van der Waals surface area contributed by atoms with Crippen LogP contribution in [0.1, 0.15) is 26.7 Å². The Morgan fingerprint density at radius 3 is 2.59 bits per heavy atom. The molecule has 0 spiro atoms. The van der Waals surface area contributed by atoms with Crippen LogP contribution in [-0.4, -0.2) is 70.8 Å². The van der Waals surface area contributed by atoms with Crippen LogP contribution < -0.4 is 15.4 Å². The summed E-state index contributed by atoms with van der Waals surface area (Å²) in [6, 6.07) is 0.562. The van der Waals surface area contributed by atoms with Crippen molar-refractivity contribution in [3.63, 3.8) is 0 Å². The molecular weight excluding hydrogens is 417 g/mol. The molecule has 1 rings (SSSR count). The van der Waals surface area contributed by atoms with Crippen LogP contribution in [0.3, 0.4) is 0 Å². The third kappa shape index (κ3) is 7.93. The number of aliphatic imine (C=N–C) groups is 1. The maximum absolute atomic E-state index is 11.3. The molecule has 0 aromatic rings. The van der Waals surface area contributed by atoms with Gasteiger partial charge in [-0.3, -0.25) is 9.89 Å². The Morgan fingerprint density at radius 1 is 1.27 bits per heavy atom. The molecule has 132 valence electrons. The van der Waals surface area contributed by atoms with Crippen LogP contribution in [0.25, 0.3) is 0 Å². The number of nitrogens with zero attached hydrogens (tertiary/aromatic N) is 2. The van der Waals surface area contributed by atoms with Gasteiger partial charge in [0, 0.05) is 32.7 Å². The number of likely N-dealkylation sites (tertiary alicyclic amines) is 1. The zero-order chi connectivity index (χ0) is 15.7. The molecule has 1 aliphatic heterocycles. The summed E-state index contributed by atoms with van der Waals surface area (Å²) < 4.78 is 25.1. The molecule has 0 bridgehead atoms. The number of likely N-dealkylation sites (N-methyl/N-ethyl adjacent to an activating group) is 1. The van der Waals surface area contributed by atoms with E-state index < -0.39 is 10.0 Å². The highest BCUT2D eigenvalue weighted by atomic mass is 127. The van der Waals surface area contributed by atoms with Crippen molar-refractivity contribution in [3.8, 4) is 0 Å². The lowest BCUT2D eigenvalue weighted by molar-refractivity contribution is 0.267. The number of rotatable bonds is 8. The van der Waals surface area contributed by atoms with Gasteiger partial charge in [-0.2, -0.15) is 0 Å². The van der Waals surface area contributed by atoms with Gasteiger partial charge in [0.05, 0.1) is 5.75 Å². The molecule has 0 aromatic carbocycles. The molecule has 1 saturated heterocycles. The highest BCUT2D eigenvalue weighted by Crippen LogP contribution is 2.15. The van der Waals surface area contributed by atoms with Crippen LogP contribution in [0.15, 0.2) is 4.99 Å². The van der Waals surface area contributed by atoms with Crippen molar-refractivity contribution in [2.24, 2.45) is 4.99 Å². The number of sulfonamides is 1. The van der Waals surface area contributed by atoms with Gasteiger partial charge in [0.25, 0.3) is 0 Å². The molecule has 1 aliphatic rings.